The fourth-order valence-electron chi connectivity index (χ4n) is 1.55. The number of carbonyl (C=O) groups is 1. The van der Waals surface area contributed by atoms with E-state index in [1.54, 1.807) is 4.98 Å². The summed E-state index contributed by atoms with van der Waals surface area (Å²) in [5.41, 5.74) is -3.42. The van der Waals surface area contributed by atoms with Gasteiger partial charge >= 0.3 is 12.3 Å². The molecule has 0 radical (unpaired) electrons. The summed E-state index contributed by atoms with van der Waals surface area (Å²) >= 11 is 0. The second-order valence-electron chi connectivity index (χ2n) is 3.70. The second-order valence-corrected chi connectivity index (χ2v) is 3.70. The Morgan fingerprint density at radius 1 is 1.38 bits per heavy atom. The number of esters is 1. The second kappa shape index (κ2) is 6.55. The summed E-state index contributed by atoms with van der Waals surface area (Å²) in [6.45, 7) is 1.33. The van der Waals surface area contributed by atoms with Gasteiger partial charge in [0.05, 0.1) is 18.6 Å². The number of aromatic nitrogens is 1. The summed E-state index contributed by atoms with van der Waals surface area (Å²) in [5.74, 6) is -2.14. The molecule has 1 aromatic rings. The van der Waals surface area contributed by atoms with E-state index in [-0.39, 0.29) is 6.61 Å². The summed E-state index contributed by atoms with van der Waals surface area (Å²) in [6.07, 6.45) is -9.02. The van der Waals surface area contributed by atoms with E-state index in [0.717, 1.165) is 0 Å². The number of ether oxygens (including phenoxy) is 2. The van der Waals surface area contributed by atoms with E-state index in [1.807, 2.05) is 0 Å². The van der Waals surface area contributed by atoms with Gasteiger partial charge in [-0.3, -0.25) is 9.59 Å². The van der Waals surface area contributed by atoms with Crippen LogP contribution in [0.5, 0.6) is 5.75 Å². The zero-order chi connectivity index (χ0) is 16.2. The Kier molecular flexibility index (Phi) is 5.28. The first kappa shape index (κ1) is 16.9. The van der Waals surface area contributed by atoms with Gasteiger partial charge in [-0.05, 0) is 6.92 Å². The molecule has 0 saturated carbocycles. The Hall–Kier alpha value is -2.13. The van der Waals surface area contributed by atoms with Gasteiger partial charge in [-0.15, -0.1) is 13.2 Å². The molecule has 0 spiro atoms. The van der Waals surface area contributed by atoms with E-state index >= 15 is 0 Å². The predicted octanol–water partition coefficient (Wildman–Crippen LogP) is 2.32. The SMILES string of the molecule is CCOC(=O)Cc1c(OC(F)(F)F)c[nH]c(=O)c1C(F)F. The minimum absolute atomic E-state index is 0.0957. The molecular formula is C11H10F5NO4. The quantitative estimate of drug-likeness (QED) is 0.669. The summed E-state index contributed by atoms with van der Waals surface area (Å²) in [7, 11) is 0. The van der Waals surface area contributed by atoms with Crippen LogP contribution in [0.15, 0.2) is 11.0 Å². The maximum absolute atomic E-state index is 12.8. The van der Waals surface area contributed by atoms with E-state index in [4.69, 9.17) is 0 Å². The van der Waals surface area contributed by atoms with Crippen molar-refractivity contribution in [1.29, 1.82) is 0 Å². The van der Waals surface area contributed by atoms with Crippen LogP contribution in [0.4, 0.5) is 22.0 Å². The molecule has 118 valence electrons. The molecule has 10 heteroatoms. The summed E-state index contributed by atoms with van der Waals surface area (Å²) < 4.78 is 70.3. The summed E-state index contributed by atoms with van der Waals surface area (Å²) in [5, 5.41) is 0. The molecule has 1 rings (SSSR count). The van der Waals surface area contributed by atoms with Crippen LogP contribution in [0.1, 0.15) is 24.5 Å². The van der Waals surface area contributed by atoms with Crippen molar-refractivity contribution in [2.75, 3.05) is 6.61 Å². The van der Waals surface area contributed by atoms with Crippen molar-refractivity contribution < 1.29 is 36.2 Å². The van der Waals surface area contributed by atoms with Crippen LogP contribution in [0, 0.1) is 0 Å². The van der Waals surface area contributed by atoms with Crippen molar-refractivity contribution in [2.45, 2.75) is 26.1 Å². The van der Waals surface area contributed by atoms with E-state index in [2.05, 4.69) is 9.47 Å². The van der Waals surface area contributed by atoms with Gasteiger partial charge in [0, 0.05) is 11.8 Å². The standard InChI is InChI=1S/C11H10F5NO4/c1-2-20-7(18)3-5-6(21-11(14,15)16)4-17-10(19)8(5)9(12)13/h4,9H,2-3H2,1H3,(H,17,19). The van der Waals surface area contributed by atoms with Gasteiger partial charge in [-0.25, -0.2) is 8.78 Å². The number of alkyl halides is 5. The van der Waals surface area contributed by atoms with Gasteiger partial charge in [0.25, 0.3) is 12.0 Å². The molecule has 1 heterocycles. The van der Waals surface area contributed by atoms with Gasteiger partial charge in [-0.2, -0.15) is 0 Å². The Morgan fingerprint density at radius 3 is 2.48 bits per heavy atom. The van der Waals surface area contributed by atoms with Crippen LogP contribution in [-0.4, -0.2) is 23.9 Å². The average Bonchev–Trinajstić information content (AvgIpc) is 2.31. The minimum atomic E-state index is -5.17. The molecule has 1 N–H and O–H groups in total. The van der Waals surface area contributed by atoms with Crippen molar-refractivity contribution in [3.63, 3.8) is 0 Å². The lowest BCUT2D eigenvalue weighted by Crippen LogP contribution is -2.24. The van der Waals surface area contributed by atoms with Crippen LogP contribution in [0.2, 0.25) is 0 Å². The van der Waals surface area contributed by atoms with Crippen LogP contribution in [-0.2, 0) is 16.0 Å². The van der Waals surface area contributed by atoms with Gasteiger partial charge < -0.3 is 14.5 Å². The molecule has 0 unspecified atom stereocenters. The van der Waals surface area contributed by atoms with Crippen molar-refractivity contribution >= 4 is 5.97 Å². The predicted molar refractivity (Wildman–Crippen MR) is 59.0 cm³/mol. The maximum atomic E-state index is 12.8. The first-order chi connectivity index (χ1) is 9.65. The number of halogens is 5. The highest BCUT2D eigenvalue weighted by Gasteiger charge is 2.34. The molecule has 0 aliphatic heterocycles. The lowest BCUT2D eigenvalue weighted by Gasteiger charge is -2.15. The Balaban J connectivity index is 3.33. The third kappa shape index (κ3) is 4.72. The monoisotopic (exact) mass is 315 g/mol. The number of hydrogen-bond acceptors (Lipinski definition) is 4. The molecule has 0 aliphatic rings. The summed E-state index contributed by atoms with van der Waals surface area (Å²) in [4.78, 5) is 24.3. The van der Waals surface area contributed by atoms with Gasteiger partial charge in [0.2, 0.25) is 0 Å². The molecule has 0 aliphatic carbocycles. The molecule has 0 amide bonds. The van der Waals surface area contributed by atoms with Crippen molar-refractivity contribution in [3.8, 4) is 5.75 Å². The Bertz CT molecular complexity index is 567. The van der Waals surface area contributed by atoms with Gasteiger partial charge in [0.1, 0.15) is 5.75 Å². The number of rotatable bonds is 5. The fraction of sp³-hybridized carbons (Fsp3) is 0.455. The molecule has 0 bridgehead atoms. The zero-order valence-electron chi connectivity index (χ0n) is 10.6. The Labute approximate surface area is 114 Å². The highest BCUT2D eigenvalue weighted by atomic mass is 19.4. The largest absolute Gasteiger partial charge is 0.573 e. The zero-order valence-corrected chi connectivity index (χ0v) is 10.6. The number of H-pyrrole nitrogens is 1. The molecule has 5 nitrogen and oxygen atoms in total. The van der Waals surface area contributed by atoms with Crippen LogP contribution < -0.4 is 10.3 Å². The van der Waals surface area contributed by atoms with Crippen molar-refractivity contribution in [2.24, 2.45) is 0 Å². The Morgan fingerprint density at radius 2 is 2.00 bits per heavy atom. The number of aromatic amines is 1. The van der Waals surface area contributed by atoms with Crippen molar-refractivity contribution in [1.82, 2.24) is 4.98 Å². The van der Waals surface area contributed by atoms with E-state index < -0.39 is 47.6 Å². The molecule has 0 saturated heterocycles. The lowest BCUT2D eigenvalue weighted by molar-refractivity contribution is -0.275. The molecule has 0 fully saturated rings. The normalized spacial score (nSPS) is 11.6. The van der Waals surface area contributed by atoms with E-state index in [1.165, 1.54) is 6.92 Å². The average molecular weight is 315 g/mol. The first-order valence-electron chi connectivity index (χ1n) is 5.59. The first-order valence-corrected chi connectivity index (χ1v) is 5.59. The number of carbonyl (C=O) groups excluding carboxylic acids is 1. The highest BCUT2D eigenvalue weighted by molar-refractivity contribution is 5.74. The molecule has 0 atom stereocenters. The van der Waals surface area contributed by atoms with Crippen LogP contribution in [0.3, 0.4) is 0 Å². The maximum Gasteiger partial charge on any atom is 0.573 e. The number of nitrogens with one attached hydrogen (secondary N) is 1. The van der Waals surface area contributed by atoms with Crippen LogP contribution >= 0.6 is 0 Å². The van der Waals surface area contributed by atoms with Gasteiger partial charge in [0.15, 0.2) is 0 Å². The third-order valence-electron chi connectivity index (χ3n) is 2.27. The van der Waals surface area contributed by atoms with Crippen LogP contribution in [0.25, 0.3) is 0 Å². The highest BCUT2D eigenvalue weighted by Crippen LogP contribution is 2.31. The number of hydrogen-bond donors (Lipinski definition) is 1. The molecule has 21 heavy (non-hydrogen) atoms. The lowest BCUT2D eigenvalue weighted by atomic mass is 10.1. The topological polar surface area (TPSA) is 68.4 Å². The van der Waals surface area contributed by atoms with Gasteiger partial charge in [-0.1, -0.05) is 0 Å². The molecular weight excluding hydrogens is 305 g/mol. The van der Waals surface area contributed by atoms with Crippen molar-refractivity contribution in [3.05, 3.63) is 27.7 Å². The smallest absolute Gasteiger partial charge is 0.466 e. The number of pyridine rings is 1. The third-order valence-corrected chi connectivity index (χ3v) is 2.27. The molecule has 0 aromatic carbocycles. The molecule has 1 aromatic heterocycles. The summed E-state index contributed by atoms with van der Waals surface area (Å²) in [6, 6.07) is 0. The van der Waals surface area contributed by atoms with E-state index in [9.17, 15) is 31.5 Å². The van der Waals surface area contributed by atoms with E-state index in [0.29, 0.717) is 6.20 Å². The fourth-order valence-corrected chi connectivity index (χ4v) is 1.55. The minimum Gasteiger partial charge on any atom is -0.466 e.